The molecular weight excluding hydrogens is 408 g/mol. The van der Waals surface area contributed by atoms with Crippen molar-refractivity contribution in [3.05, 3.63) is 64.3 Å². The van der Waals surface area contributed by atoms with Crippen LogP contribution in [-0.4, -0.2) is 36.6 Å². The fourth-order valence-electron chi connectivity index (χ4n) is 7.71. The summed E-state index contributed by atoms with van der Waals surface area (Å²) in [5, 5.41) is 1.27. The molecular formula is C29H34N2O2. The number of ether oxygens (including phenoxy) is 2. The van der Waals surface area contributed by atoms with Gasteiger partial charge in [0.15, 0.2) is 17.6 Å². The van der Waals surface area contributed by atoms with Gasteiger partial charge in [-0.1, -0.05) is 45.0 Å². The van der Waals surface area contributed by atoms with E-state index in [1.165, 1.54) is 27.6 Å². The Morgan fingerprint density at radius 2 is 1.94 bits per heavy atom. The fourth-order valence-corrected chi connectivity index (χ4v) is 7.71. The quantitative estimate of drug-likeness (QED) is 0.479. The molecule has 0 saturated carbocycles. The summed E-state index contributed by atoms with van der Waals surface area (Å²) < 4.78 is 12.7. The Hall–Kier alpha value is -2.59. The summed E-state index contributed by atoms with van der Waals surface area (Å²) in [5.74, 6) is 1.83. The highest BCUT2D eigenvalue weighted by molar-refractivity contribution is 5.84. The SMILES string of the molecule is CC.COc1ccc2c3c1OC1c4nc5ccccc5c(C)c4C[C@@]4(C)[C@@H](C2)N(C)CC[C@]314. The van der Waals surface area contributed by atoms with Crippen molar-refractivity contribution in [3.8, 4) is 11.5 Å². The number of rotatable bonds is 1. The molecule has 4 nitrogen and oxygen atoms in total. The van der Waals surface area contributed by atoms with Crippen LogP contribution in [0.4, 0.5) is 0 Å². The van der Waals surface area contributed by atoms with Crippen LogP contribution in [0.15, 0.2) is 36.4 Å². The Morgan fingerprint density at radius 1 is 1.15 bits per heavy atom. The zero-order valence-electron chi connectivity index (χ0n) is 20.7. The third kappa shape index (κ3) is 2.33. The molecule has 2 aliphatic carbocycles. The van der Waals surface area contributed by atoms with Crippen LogP contribution in [0, 0.1) is 12.3 Å². The van der Waals surface area contributed by atoms with Crippen molar-refractivity contribution < 1.29 is 9.47 Å². The Bertz CT molecular complexity index is 1280. The van der Waals surface area contributed by atoms with Crippen LogP contribution in [0.25, 0.3) is 10.9 Å². The Morgan fingerprint density at radius 3 is 2.73 bits per heavy atom. The maximum atomic E-state index is 6.93. The average molecular weight is 443 g/mol. The standard InChI is InChI=1S/C27H28N2O2.C2H6/c1-15-17-7-5-6-8-19(17)28-23-18(15)14-26(2)21-13-16-9-10-20(30-4)24-22(16)27(26,25(23)31-24)11-12-29(21)3;1-2/h5-10,21,25H,11-14H2,1-4H3;1-2H3/t21-,25?,26+,27+;/m1./s1. The second-order valence-electron chi connectivity index (χ2n) is 10.3. The van der Waals surface area contributed by atoms with E-state index in [4.69, 9.17) is 14.5 Å². The van der Waals surface area contributed by atoms with Crippen LogP contribution in [0.5, 0.6) is 11.5 Å². The van der Waals surface area contributed by atoms with Gasteiger partial charge in [0.25, 0.3) is 0 Å². The number of benzene rings is 2. The number of para-hydroxylation sites is 1. The topological polar surface area (TPSA) is 34.6 Å². The first-order valence-electron chi connectivity index (χ1n) is 12.4. The summed E-state index contributed by atoms with van der Waals surface area (Å²) in [6.07, 6.45) is 3.18. The van der Waals surface area contributed by atoms with E-state index >= 15 is 0 Å². The first kappa shape index (κ1) is 21.0. The van der Waals surface area contributed by atoms with Gasteiger partial charge in [-0.2, -0.15) is 0 Å². The van der Waals surface area contributed by atoms with Gasteiger partial charge in [-0.15, -0.1) is 0 Å². The number of nitrogens with zero attached hydrogens (tertiary/aromatic N) is 2. The van der Waals surface area contributed by atoms with E-state index in [-0.39, 0.29) is 16.9 Å². The monoisotopic (exact) mass is 442 g/mol. The van der Waals surface area contributed by atoms with Crippen molar-refractivity contribution >= 4 is 10.9 Å². The summed E-state index contributed by atoms with van der Waals surface area (Å²) in [7, 11) is 4.06. The molecule has 7 rings (SSSR count). The molecule has 1 spiro atoms. The third-order valence-electron chi connectivity index (χ3n) is 9.22. The molecule has 4 aliphatic rings. The summed E-state index contributed by atoms with van der Waals surface area (Å²) >= 11 is 0. The molecule has 4 heteroatoms. The van der Waals surface area contributed by atoms with Gasteiger partial charge in [0.2, 0.25) is 0 Å². The molecule has 1 aromatic heterocycles. The second kappa shape index (κ2) is 6.96. The van der Waals surface area contributed by atoms with Gasteiger partial charge in [-0.3, -0.25) is 0 Å². The van der Waals surface area contributed by atoms with Crippen LogP contribution < -0.4 is 9.47 Å². The highest BCUT2D eigenvalue weighted by atomic mass is 16.5. The predicted octanol–water partition coefficient (Wildman–Crippen LogP) is 5.77. The van der Waals surface area contributed by atoms with Gasteiger partial charge in [-0.05, 0) is 68.6 Å². The van der Waals surface area contributed by atoms with Crippen molar-refractivity contribution in [1.29, 1.82) is 0 Å². The minimum absolute atomic E-state index is 0.0451. The first-order chi connectivity index (χ1) is 16.0. The minimum Gasteiger partial charge on any atom is -0.493 e. The number of methoxy groups -OCH3 is 1. The molecule has 2 aromatic carbocycles. The van der Waals surface area contributed by atoms with E-state index in [0.29, 0.717) is 6.04 Å². The molecule has 3 heterocycles. The molecule has 0 radical (unpaired) electrons. The van der Waals surface area contributed by atoms with E-state index in [9.17, 15) is 0 Å². The van der Waals surface area contributed by atoms with Crippen LogP contribution in [0.3, 0.4) is 0 Å². The Balaban J connectivity index is 0.00000101. The number of aryl methyl sites for hydroxylation is 1. The lowest BCUT2D eigenvalue weighted by Gasteiger charge is -2.64. The molecule has 1 saturated heterocycles. The number of piperidine rings is 1. The number of likely N-dealkylation sites (tertiary alicyclic amines) is 1. The van der Waals surface area contributed by atoms with E-state index in [2.05, 4.69) is 62.2 Å². The van der Waals surface area contributed by atoms with E-state index in [1.54, 1.807) is 7.11 Å². The van der Waals surface area contributed by atoms with Crippen molar-refractivity contribution in [2.75, 3.05) is 20.7 Å². The van der Waals surface area contributed by atoms with Gasteiger partial charge in [-0.25, -0.2) is 4.98 Å². The largest absolute Gasteiger partial charge is 0.493 e. The number of pyridine rings is 1. The van der Waals surface area contributed by atoms with Crippen molar-refractivity contribution in [3.63, 3.8) is 0 Å². The van der Waals surface area contributed by atoms with Crippen molar-refractivity contribution in [2.24, 2.45) is 5.41 Å². The van der Waals surface area contributed by atoms with E-state index in [0.717, 1.165) is 48.5 Å². The van der Waals surface area contributed by atoms with Crippen LogP contribution in [0.2, 0.25) is 0 Å². The molecule has 172 valence electrons. The third-order valence-corrected chi connectivity index (χ3v) is 9.22. The summed E-state index contributed by atoms with van der Waals surface area (Å²) in [6, 6.07) is 13.4. The first-order valence-corrected chi connectivity index (χ1v) is 12.4. The second-order valence-corrected chi connectivity index (χ2v) is 10.3. The Kier molecular flexibility index (Phi) is 4.42. The summed E-state index contributed by atoms with van der Waals surface area (Å²) in [4.78, 5) is 7.86. The van der Waals surface area contributed by atoms with Gasteiger partial charge in [0.05, 0.1) is 23.7 Å². The van der Waals surface area contributed by atoms with Crippen LogP contribution in [-0.2, 0) is 18.3 Å². The van der Waals surface area contributed by atoms with Gasteiger partial charge in [0.1, 0.15) is 0 Å². The lowest BCUT2D eigenvalue weighted by atomic mass is 9.44. The van der Waals surface area contributed by atoms with Crippen LogP contribution >= 0.6 is 0 Å². The minimum atomic E-state index is -0.0499. The van der Waals surface area contributed by atoms with Gasteiger partial charge >= 0.3 is 0 Å². The molecule has 1 unspecified atom stereocenters. The number of aromatic nitrogens is 1. The lowest BCUT2D eigenvalue weighted by Crippen LogP contribution is -2.68. The van der Waals surface area contributed by atoms with E-state index in [1.807, 2.05) is 13.8 Å². The average Bonchev–Trinajstić information content (AvgIpc) is 3.19. The molecule has 0 N–H and O–H groups in total. The maximum Gasteiger partial charge on any atom is 0.166 e. The molecule has 4 atom stereocenters. The predicted molar refractivity (Wildman–Crippen MR) is 132 cm³/mol. The molecule has 2 bridgehead atoms. The lowest BCUT2D eigenvalue weighted by molar-refractivity contribution is -0.0911. The number of fused-ring (bicyclic) bond motifs is 3. The van der Waals surface area contributed by atoms with Gasteiger partial charge < -0.3 is 14.4 Å². The number of hydrogen-bond donors (Lipinski definition) is 0. The van der Waals surface area contributed by atoms with Crippen molar-refractivity contribution in [2.45, 2.75) is 64.5 Å². The normalized spacial score (nSPS) is 30.6. The summed E-state index contributed by atoms with van der Waals surface area (Å²) in [5.41, 5.74) is 7.91. The smallest absolute Gasteiger partial charge is 0.166 e. The highest BCUT2D eigenvalue weighted by Crippen LogP contribution is 2.71. The molecule has 3 aromatic rings. The molecule has 33 heavy (non-hydrogen) atoms. The van der Waals surface area contributed by atoms with Gasteiger partial charge in [0, 0.05) is 22.4 Å². The molecule has 0 amide bonds. The highest BCUT2D eigenvalue weighted by Gasteiger charge is 2.70. The number of likely N-dealkylation sites (N-methyl/N-ethyl adjacent to an activating group) is 1. The Labute approximate surface area is 196 Å². The zero-order valence-corrected chi connectivity index (χ0v) is 20.7. The molecule has 1 fully saturated rings. The van der Waals surface area contributed by atoms with Crippen molar-refractivity contribution in [1.82, 2.24) is 9.88 Å². The number of hydrogen-bond acceptors (Lipinski definition) is 4. The summed E-state index contributed by atoms with van der Waals surface area (Å²) in [6.45, 7) is 9.90. The van der Waals surface area contributed by atoms with E-state index < -0.39 is 0 Å². The fraction of sp³-hybridized carbons (Fsp3) is 0.483. The zero-order chi connectivity index (χ0) is 23.1. The van der Waals surface area contributed by atoms with Crippen LogP contribution in [0.1, 0.15) is 61.2 Å². The maximum absolute atomic E-state index is 6.93. The molecule has 2 aliphatic heterocycles.